The van der Waals surface area contributed by atoms with Crippen molar-refractivity contribution in [3.63, 3.8) is 0 Å². The molecule has 0 spiro atoms. The normalized spacial score (nSPS) is 11.4. The van der Waals surface area contributed by atoms with Gasteiger partial charge in [-0.1, -0.05) is 66.7 Å². The van der Waals surface area contributed by atoms with Crippen molar-refractivity contribution in [1.82, 2.24) is 4.98 Å². The summed E-state index contributed by atoms with van der Waals surface area (Å²) in [5.41, 5.74) is 4.55. The number of esters is 1. The van der Waals surface area contributed by atoms with Gasteiger partial charge in [0.1, 0.15) is 5.75 Å². The number of hydrogen-bond acceptors (Lipinski definition) is 4. The number of rotatable bonds is 7. The second-order valence-electron chi connectivity index (χ2n) is 9.66. The lowest BCUT2D eigenvalue weighted by atomic mass is 9.91. The van der Waals surface area contributed by atoms with Gasteiger partial charge in [0.25, 0.3) is 0 Å². The number of fused-ring (bicyclic) bond motifs is 1. The molecule has 0 saturated carbocycles. The second-order valence-corrected chi connectivity index (χ2v) is 9.66. The Morgan fingerprint density at radius 3 is 2.30 bits per heavy atom. The van der Waals surface area contributed by atoms with Crippen molar-refractivity contribution in [2.24, 2.45) is 0 Å². The van der Waals surface area contributed by atoms with Crippen LogP contribution in [0.5, 0.6) is 5.75 Å². The van der Waals surface area contributed by atoms with Gasteiger partial charge in [-0.3, -0.25) is 9.78 Å². The summed E-state index contributed by atoms with van der Waals surface area (Å²) in [4.78, 5) is 17.6. The lowest BCUT2D eigenvalue weighted by molar-refractivity contribution is -0.136. The van der Waals surface area contributed by atoms with Crippen LogP contribution in [0.3, 0.4) is 0 Å². The van der Waals surface area contributed by atoms with E-state index in [1.54, 1.807) is 24.4 Å². The summed E-state index contributed by atoms with van der Waals surface area (Å²) in [5, 5.41) is 0.462. The number of ether oxygens (including phenoxy) is 1. The van der Waals surface area contributed by atoms with E-state index in [9.17, 15) is 18.0 Å². The van der Waals surface area contributed by atoms with Crippen LogP contribution in [0.15, 0.2) is 103 Å². The number of pyridine rings is 1. The lowest BCUT2D eigenvalue weighted by Gasteiger charge is -2.22. The van der Waals surface area contributed by atoms with Gasteiger partial charge in [0, 0.05) is 37.8 Å². The van der Waals surface area contributed by atoms with E-state index in [1.807, 2.05) is 73.8 Å². The fraction of sp³-hybridized carbons (Fsp3) is 0.152. The molecule has 0 amide bonds. The molecule has 4 aromatic carbocycles. The molecule has 0 aliphatic carbocycles. The maximum atomic E-state index is 13.9. The van der Waals surface area contributed by atoms with Crippen LogP contribution in [0, 0.1) is 0 Å². The van der Waals surface area contributed by atoms with Crippen molar-refractivity contribution < 1.29 is 22.7 Å². The predicted molar refractivity (Wildman–Crippen MR) is 151 cm³/mol. The SMILES string of the molecule is CC(=O)Oc1ccc(CN(C)c2cccc(-c3c(Cc4ccccc4)cnc4c(C(F)(F)F)cccc34)c2)cc1. The van der Waals surface area contributed by atoms with E-state index < -0.39 is 11.7 Å². The smallest absolute Gasteiger partial charge is 0.418 e. The van der Waals surface area contributed by atoms with E-state index in [4.69, 9.17) is 4.74 Å². The Hall–Kier alpha value is -4.65. The Morgan fingerprint density at radius 1 is 0.875 bits per heavy atom. The molecule has 0 atom stereocenters. The van der Waals surface area contributed by atoms with Gasteiger partial charge < -0.3 is 9.64 Å². The van der Waals surface area contributed by atoms with E-state index in [2.05, 4.69) is 9.88 Å². The highest BCUT2D eigenvalue weighted by molar-refractivity contribution is 5.98. The number of alkyl halides is 3. The molecule has 0 unspecified atom stereocenters. The van der Waals surface area contributed by atoms with Crippen LogP contribution < -0.4 is 9.64 Å². The molecule has 0 saturated heterocycles. The zero-order valence-corrected chi connectivity index (χ0v) is 22.1. The van der Waals surface area contributed by atoms with Crippen molar-refractivity contribution >= 4 is 22.6 Å². The Bertz CT molecular complexity index is 1650. The molecule has 0 N–H and O–H groups in total. The molecule has 40 heavy (non-hydrogen) atoms. The summed E-state index contributed by atoms with van der Waals surface area (Å²) in [7, 11) is 1.95. The summed E-state index contributed by atoms with van der Waals surface area (Å²) < 4.78 is 46.8. The van der Waals surface area contributed by atoms with Crippen LogP contribution in [0.4, 0.5) is 18.9 Å². The summed E-state index contributed by atoms with van der Waals surface area (Å²) in [5.74, 6) is 0.106. The molecule has 202 valence electrons. The summed E-state index contributed by atoms with van der Waals surface area (Å²) >= 11 is 0. The molecule has 0 radical (unpaired) electrons. The first-order valence-electron chi connectivity index (χ1n) is 12.8. The van der Waals surface area contributed by atoms with Crippen molar-refractivity contribution in [3.05, 3.63) is 126 Å². The van der Waals surface area contributed by atoms with Crippen LogP contribution in [0.1, 0.15) is 29.2 Å². The third kappa shape index (κ3) is 5.99. The molecular weight excluding hydrogens is 513 g/mol. The summed E-state index contributed by atoms with van der Waals surface area (Å²) in [6.45, 7) is 1.94. The van der Waals surface area contributed by atoms with Gasteiger partial charge in [0.05, 0.1) is 11.1 Å². The third-order valence-electron chi connectivity index (χ3n) is 6.70. The molecule has 5 aromatic rings. The molecular formula is C33H27F3N2O2. The molecule has 0 fully saturated rings. The minimum atomic E-state index is -4.52. The number of halogens is 3. The van der Waals surface area contributed by atoms with Crippen molar-refractivity contribution in [2.45, 2.75) is 26.1 Å². The fourth-order valence-electron chi connectivity index (χ4n) is 4.88. The first-order valence-corrected chi connectivity index (χ1v) is 12.8. The van der Waals surface area contributed by atoms with Crippen molar-refractivity contribution in [3.8, 4) is 16.9 Å². The second kappa shape index (κ2) is 11.2. The molecule has 0 aliphatic heterocycles. The molecule has 0 aliphatic rings. The Balaban J connectivity index is 1.55. The first kappa shape index (κ1) is 26.9. The van der Waals surface area contributed by atoms with Gasteiger partial charge in [0.15, 0.2) is 0 Å². The molecule has 5 rings (SSSR count). The minimum absolute atomic E-state index is 0.0616. The predicted octanol–water partition coefficient (Wildman–Crippen LogP) is 8.07. The van der Waals surface area contributed by atoms with Crippen LogP contribution in [-0.4, -0.2) is 18.0 Å². The van der Waals surface area contributed by atoms with E-state index in [1.165, 1.54) is 13.0 Å². The Morgan fingerprint density at radius 2 is 1.60 bits per heavy atom. The molecule has 1 aromatic heterocycles. The number of hydrogen-bond donors (Lipinski definition) is 0. The van der Waals surface area contributed by atoms with E-state index >= 15 is 0 Å². The van der Waals surface area contributed by atoms with Crippen LogP contribution in [0.2, 0.25) is 0 Å². The quantitative estimate of drug-likeness (QED) is 0.155. The van der Waals surface area contributed by atoms with Gasteiger partial charge in [0.2, 0.25) is 0 Å². The average molecular weight is 541 g/mol. The molecule has 4 nitrogen and oxygen atoms in total. The topological polar surface area (TPSA) is 42.4 Å². The van der Waals surface area contributed by atoms with Crippen LogP contribution >= 0.6 is 0 Å². The molecule has 1 heterocycles. The van der Waals surface area contributed by atoms with Gasteiger partial charge in [-0.05, 0) is 64.6 Å². The maximum absolute atomic E-state index is 13.9. The number of nitrogens with zero attached hydrogens (tertiary/aromatic N) is 2. The largest absolute Gasteiger partial charge is 0.427 e. The van der Waals surface area contributed by atoms with Gasteiger partial charge in [-0.15, -0.1) is 0 Å². The van der Waals surface area contributed by atoms with Gasteiger partial charge in [-0.25, -0.2) is 0 Å². The number of carbonyl (C=O) groups excluding carboxylic acids is 1. The number of carbonyl (C=O) groups is 1. The highest BCUT2D eigenvalue weighted by Gasteiger charge is 2.33. The minimum Gasteiger partial charge on any atom is -0.427 e. The fourth-order valence-corrected chi connectivity index (χ4v) is 4.88. The third-order valence-corrected chi connectivity index (χ3v) is 6.70. The summed E-state index contributed by atoms with van der Waals surface area (Å²) in [6, 6.07) is 29.1. The monoisotopic (exact) mass is 540 g/mol. The number of benzene rings is 4. The average Bonchev–Trinajstić information content (AvgIpc) is 2.93. The molecule has 7 heteroatoms. The molecule has 0 bridgehead atoms. The van der Waals surface area contributed by atoms with E-state index in [-0.39, 0.29) is 11.5 Å². The highest BCUT2D eigenvalue weighted by Crippen LogP contribution is 2.39. The van der Waals surface area contributed by atoms with E-state index in [0.29, 0.717) is 24.1 Å². The van der Waals surface area contributed by atoms with Crippen LogP contribution in [-0.2, 0) is 23.9 Å². The van der Waals surface area contributed by atoms with Crippen molar-refractivity contribution in [1.29, 1.82) is 0 Å². The number of para-hydroxylation sites is 1. The maximum Gasteiger partial charge on any atom is 0.418 e. The van der Waals surface area contributed by atoms with E-state index in [0.717, 1.165) is 39.6 Å². The lowest BCUT2D eigenvalue weighted by Crippen LogP contribution is -2.16. The van der Waals surface area contributed by atoms with Gasteiger partial charge >= 0.3 is 12.1 Å². The zero-order chi connectivity index (χ0) is 28.3. The standard InChI is InChI=1S/C33H27F3N2O2/c1-22(39)40-28-16-14-24(15-17-28)21-38(2)27-11-6-10-25(19-27)31-26(18-23-8-4-3-5-9-23)20-37-32-29(31)12-7-13-30(32)33(34,35)36/h3-17,19-20H,18,21H2,1-2H3. The first-order chi connectivity index (χ1) is 19.2. The number of aromatic nitrogens is 1. The highest BCUT2D eigenvalue weighted by atomic mass is 19.4. The van der Waals surface area contributed by atoms with Crippen LogP contribution in [0.25, 0.3) is 22.0 Å². The zero-order valence-electron chi connectivity index (χ0n) is 22.1. The summed E-state index contributed by atoms with van der Waals surface area (Å²) in [6.07, 6.45) is -2.41. The number of anilines is 1. The van der Waals surface area contributed by atoms with Gasteiger partial charge in [-0.2, -0.15) is 13.2 Å². The Kier molecular flexibility index (Phi) is 7.56. The Labute approximate surface area is 230 Å². The van der Waals surface area contributed by atoms with Crippen molar-refractivity contribution in [2.75, 3.05) is 11.9 Å².